The molecule has 0 bridgehead atoms. The Morgan fingerprint density at radius 3 is 2.91 bits per heavy atom. The minimum absolute atomic E-state index is 0.0541. The largest absolute Gasteiger partial charge is 0.491 e. The van der Waals surface area contributed by atoms with Crippen LogP contribution in [0.5, 0.6) is 5.75 Å². The minimum Gasteiger partial charge on any atom is -0.491 e. The summed E-state index contributed by atoms with van der Waals surface area (Å²) in [6.07, 6.45) is 0.887. The van der Waals surface area contributed by atoms with Crippen molar-refractivity contribution in [3.8, 4) is 5.75 Å². The number of aliphatic carboxylic acids is 1. The lowest BCUT2D eigenvalue weighted by molar-refractivity contribution is -0.136. The van der Waals surface area contributed by atoms with Crippen LogP contribution in [0.1, 0.15) is 21.7 Å². The van der Waals surface area contributed by atoms with E-state index in [1.54, 1.807) is 12.1 Å². The van der Waals surface area contributed by atoms with Gasteiger partial charge in [0.2, 0.25) is 0 Å². The first kappa shape index (κ1) is 15.1. The van der Waals surface area contributed by atoms with Gasteiger partial charge in [-0.15, -0.1) is 0 Å². The van der Waals surface area contributed by atoms with Crippen LogP contribution >= 0.6 is 0 Å². The highest BCUT2D eigenvalue weighted by molar-refractivity contribution is 5.96. The van der Waals surface area contributed by atoms with E-state index in [2.05, 4.69) is 0 Å². The smallest absolute Gasteiger partial charge is 0.311 e. The molecule has 7 heteroatoms. The molecule has 2 heterocycles. The maximum absolute atomic E-state index is 14.0. The fraction of sp³-hybridized carbons (Fsp3) is 0.250. The lowest BCUT2D eigenvalue weighted by Gasteiger charge is -2.19. The first-order valence-electron chi connectivity index (χ1n) is 7.04. The van der Waals surface area contributed by atoms with E-state index < -0.39 is 17.7 Å². The summed E-state index contributed by atoms with van der Waals surface area (Å²) in [5.74, 6) is -1.45. The van der Waals surface area contributed by atoms with Crippen LogP contribution in [0.2, 0.25) is 0 Å². The third kappa shape index (κ3) is 3.03. The van der Waals surface area contributed by atoms with Gasteiger partial charge < -0.3 is 19.2 Å². The van der Waals surface area contributed by atoms with Crippen LogP contribution in [0, 0.1) is 5.82 Å². The van der Waals surface area contributed by atoms with Crippen molar-refractivity contribution >= 4 is 11.9 Å². The Balaban J connectivity index is 1.87. The van der Waals surface area contributed by atoms with Crippen molar-refractivity contribution in [1.29, 1.82) is 0 Å². The van der Waals surface area contributed by atoms with Gasteiger partial charge in [-0.1, -0.05) is 6.07 Å². The molecule has 0 fully saturated rings. The number of hydrogen-bond acceptors (Lipinski definition) is 4. The van der Waals surface area contributed by atoms with Gasteiger partial charge >= 0.3 is 5.97 Å². The quantitative estimate of drug-likeness (QED) is 0.937. The molecule has 1 aliphatic rings. The van der Waals surface area contributed by atoms with Gasteiger partial charge in [0, 0.05) is 5.56 Å². The number of amides is 1. The van der Waals surface area contributed by atoms with Crippen LogP contribution in [-0.2, 0) is 17.8 Å². The van der Waals surface area contributed by atoms with E-state index in [4.69, 9.17) is 14.3 Å². The zero-order chi connectivity index (χ0) is 16.4. The van der Waals surface area contributed by atoms with Crippen molar-refractivity contribution < 1.29 is 28.2 Å². The number of benzene rings is 1. The average molecular weight is 319 g/mol. The zero-order valence-electron chi connectivity index (χ0n) is 12.1. The average Bonchev–Trinajstić information content (AvgIpc) is 2.83. The highest BCUT2D eigenvalue weighted by atomic mass is 19.1. The van der Waals surface area contributed by atoms with Crippen LogP contribution in [0.3, 0.4) is 0 Å². The summed E-state index contributed by atoms with van der Waals surface area (Å²) in [7, 11) is 0. The summed E-state index contributed by atoms with van der Waals surface area (Å²) in [5, 5.41) is 8.86. The zero-order valence-corrected chi connectivity index (χ0v) is 12.1. The molecule has 0 saturated heterocycles. The number of furan rings is 1. The molecule has 6 nitrogen and oxygen atoms in total. The molecule has 1 N–H and O–H groups in total. The Kier molecular flexibility index (Phi) is 4.01. The SMILES string of the molecule is O=C(O)Cc1occc1C(=O)N1CCOc2cccc(F)c2C1. The van der Waals surface area contributed by atoms with Crippen LogP contribution in [0.15, 0.2) is 34.9 Å². The van der Waals surface area contributed by atoms with Gasteiger partial charge in [0.25, 0.3) is 5.91 Å². The Morgan fingerprint density at radius 2 is 2.13 bits per heavy atom. The molecule has 1 amide bonds. The Morgan fingerprint density at radius 1 is 1.30 bits per heavy atom. The third-order valence-electron chi connectivity index (χ3n) is 3.62. The topological polar surface area (TPSA) is 80.0 Å². The number of nitrogens with zero attached hydrogens (tertiary/aromatic N) is 1. The van der Waals surface area contributed by atoms with E-state index >= 15 is 0 Å². The maximum Gasteiger partial charge on any atom is 0.311 e. The second kappa shape index (κ2) is 6.12. The van der Waals surface area contributed by atoms with Crippen LogP contribution in [-0.4, -0.2) is 35.0 Å². The van der Waals surface area contributed by atoms with Crippen molar-refractivity contribution in [3.63, 3.8) is 0 Å². The van der Waals surface area contributed by atoms with Gasteiger partial charge in [-0.2, -0.15) is 0 Å². The number of carboxylic acid groups (broad SMARTS) is 1. The number of carbonyl (C=O) groups is 2. The molecule has 0 atom stereocenters. The lowest BCUT2D eigenvalue weighted by atomic mass is 10.1. The second-order valence-corrected chi connectivity index (χ2v) is 5.12. The lowest BCUT2D eigenvalue weighted by Crippen LogP contribution is -2.33. The monoisotopic (exact) mass is 319 g/mol. The van der Waals surface area contributed by atoms with Crippen molar-refractivity contribution in [2.24, 2.45) is 0 Å². The summed E-state index contributed by atoms with van der Waals surface area (Å²) in [5.41, 5.74) is 0.480. The summed E-state index contributed by atoms with van der Waals surface area (Å²) < 4.78 is 24.5. The molecule has 1 aromatic heterocycles. The number of carbonyl (C=O) groups excluding carboxylic acids is 1. The number of fused-ring (bicyclic) bond motifs is 1. The molecule has 0 unspecified atom stereocenters. The first-order chi connectivity index (χ1) is 11.1. The predicted octanol–water partition coefficient (Wildman–Crippen LogP) is 2.08. The number of carboxylic acids is 1. The van der Waals surface area contributed by atoms with E-state index in [1.165, 1.54) is 23.3 Å². The molecular weight excluding hydrogens is 305 g/mol. The molecule has 0 saturated carbocycles. The number of halogens is 1. The van der Waals surface area contributed by atoms with Crippen LogP contribution in [0.25, 0.3) is 0 Å². The summed E-state index contributed by atoms with van der Waals surface area (Å²) in [6, 6.07) is 5.94. The molecule has 0 spiro atoms. The second-order valence-electron chi connectivity index (χ2n) is 5.12. The van der Waals surface area contributed by atoms with Gasteiger partial charge in [0.1, 0.15) is 30.4 Å². The highest BCUT2D eigenvalue weighted by Crippen LogP contribution is 2.26. The van der Waals surface area contributed by atoms with Crippen LogP contribution in [0.4, 0.5) is 4.39 Å². The molecule has 23 heavy (non-hydrogen) atoms. The molecule has 120 valence electrons. The fourth-order valence-electron chi connectivity index (χ4n) is 2.51. The Labute approximate surface area is 131 Å². The van der Waals surface area contributed by atoms with Crippen molar-refractivity contribution in [3.05, 3.63) is 53.2 Å². The summed E-state index contributed by atoms with van der Waals surface area (Å²) in [4.78, 5) is 24.9. The molecule has 1 aliphatic heterocycles. The number of ether oxygens (including phenoxy) is 1. The fourth-order valence-corrected chi connectivity index (χ4v) is 2.51. The third-order valence-corrected chi connectivity index (χ3v) is 3.62. The Hall–Kier alpha value is -2.83. The number of hydrogen-bond donors (Lipinski definition) is 1. The molecule has 1 aromatic carbocycles. The highest BCUT2D eigenvalue weighted by Gasteiger charge is 2.26. The van der Waals surface area contributed by atoms with Gasteiger partial charge in [-0.3, -0.25) is 9.59 Å². The first-order valence-corrected chi connectivity index (χ1v) is 7.04. The standard InChI is InChI=1S/C16H14FNO5/c17-12-2-1-3-13-11(12)9-18(5-7-23-13)16(21)10-4-6-22-14(10)8-15(19)20/h1-4,6H,5,7-9H2,(H,19,20). The van der Waals surface area contributed by atoms with Crippen molar-refractivity contribution in [1.82, 2.24) is 4.90 Å². The van der Waals surface area contributed by atoms with Gasteiger partial charge in [0.15, 0.2) is 0 Å². The van der Waals surface area contributed by atoms with E-state index in [0.29, 0.717) is 11.3 Å². The molecule has 2 aromatic rings. The number of rotatable bonds is 3. The summed E-state index contributed by atoms with van der Waals surface area (Å²) >= 11 is 0. The van der Waals surface area contributed by atoms with Gasteiger partial charge in [-0.25, -0.2) is 4.39 Å². The van der Waals surface area contributed by atoms with Crippen molar-refractivity contribution in [2.45, 2.75) is 13.0 Å². The van der Waals surface area contributed by atoms with E-state index in [1.807, 2.05) is 0 Å². The maximum atomic E-state index is 14.0. The van der Waals surface area contributed by atoms with E-state index in [0.717, 1.165) is 0 Å². The van der Waals surface area contributed by atoms with Crippen molar-refractivity contribution in [2.75, 3.05) is 13.2 Å². The minimum atomic E-state index is -1.09. The predicted molar refractivity (Wildman–Crippen MR) is 76.7 cm³/mol. The molecular formula is C16H14FNO5. The van der Waals surface area contributed by atoms with Gasteiger partial charge in [-0.05, 0) is 18.2 Å². The van der Waals surface area contributed by atoms with E-state index in [9.17, 15) is 14.0 Å². The normalized spacial score (nSPS) is 13.9. The summed E-state index contributed by atoms with van der Waals surface area (Å²) in [6.45, 7) is 0.553. The molecule has 3 rings (SSSR count). The van der Waals surface area contributed by atoms with E-state index in [-0.39, 0.29) is 37.4 Å². The van der Waals surface area contributed by atoms with Crippen LogP contribution < -0.4 is 4.74 Å². The van der Waals surface area contributed by atoms with Gasteiger partial charge in [0.05, 0.1) is 24.9 Å². The Bertz CT molecular complexity index is 755. The molecule has 0 aliphatic carbocycles. The molecule has 0 radical (unpaired) electrons.